The molecule has 2 heterocycles. The summed E-state index contributed by atoms with van der Waals surface area (Å²) >= 11 is 0. The van der Waals surface area contributed by atoms with Gasteiger partial charge in [-0.15, -0.1) is 0 Å². The Bertz CT molecular complexity index is 580. The highest BCUT2D eigenvalue weighted by Gasteiger charge is 2.17. The fourth-order valence-corrected chi connectivity index (χ4v) is 2.57. The Morgan fingerprint density at radius 2 is 2.11 bits per heavy atom. The van der Waals surface area contributed by atoms with E-state index < -0.39 is 0 Å². The minimum Gasteiger partial charge on any atom is -0.347 e. The Balaban J connectivity index is 1.86. The van der Waals surface area contributed by atoms with Crippen molar-refractivity contribution >= 4 is 5.78 Å². The molecule has 2 aromatic rings. The van der Waals surface area contributed by atoms with Gasteiger partial charge in [-0.1, -0.05) is 0 Å². The lowest BCUT2D eigenvalue weighted by atomic mass is 10.1. The number of ketones is 1. The summed E-state index contributed by atoms with van der Waals surface area (Å²) in [5, 5.41) is 4.36. The number of carbonyl (C=O) groups is 1. The van der Waals surface area contributed by atoms with Crippen LogP contribution < -0.4 is 0 Å². The lowest BCUT2D eigenvalue weighted by Crippen LogP contribution is -2.00. The molecular weight excluding hydrogens is 226 g/mol. The molecule has 0 spiro atoms. The summed E-state index contributed by atoms with van der Waals surface area (Å²) in [6.07, 6.45) is 9.89. The monoisotopic (exact) mass is 243 g/mol. The Kier molecular flexibility index (Phi) is 2.78. The van der Waals surface area contributed by atoms with Crippen molar-refractivity contribution in [1.29, 1.82) is 0 Å². The van der Waals surface area contributed by atoms with E-state index in [4.69, 9.17) is 0 Å². The van der Waals surface area contributed by atoms with Crippen LogP contribution in [0.2, 0.25) is 0 Å². The molecule has 0 saturated carbocycles. The highest BCUT2D eigenvalue weighted by Crippen LogP contribution is 2.21. The lowest BCUT2D eigenvalue weighted by molar-refractivity contribution is 0.0982. The minimum atomic E-state index is 0.294. The van der Waals surface area contributed by atoms with Crippen LogP contribution in [0.25, 0.3) is 0 Å². The zero-order chi connectivity index (χ0) is 12.5. The standard InChI is InChI=1S/C14H17N3O/c1-16-7-6-12(15-16)9-17-8-11-4-2-3-5-14(18)13(11)10-17/h6-8,10H,2-5,9H2,1H3. The van der Waals surface area contributed by atoms with E-state index in [9.17, 15) is 4.79 Å². The van der Waals surface area contributed by atoms with Crippen molar-refractivity contribution < 1.29 is 4.79 Å². The summed E-state index contributed by atoms with van der Waals surface area (Å²) in [7, 11) is 1.91. The molecule has 1 aliphatic carbocycles. The largest absolute Gasteiger partial charge is 0.347 e. The average molecular weight is 243 g/mol. The van der Waals surface area contributed by atoms with Crippen molar-refractivity contribution in [2.24, 2.45) is 7.05 Å². The molecule has 1 aliphatic rings. The second-order valence-electron chi connectivity index (χ2n) is 4.98. The van der Waals surface area contributed by atoms with Crippen LogP contribution in [-0.2, 0) is 20.0 Å². The van der Waals surface area contributed by atoms with Crippen LogP contribution in [0, 0.1) is 0 Å². The molecule has 4 nitrogen and oxygen atoms in total. The summed E-state index contributed by atoms with van der Waals surface area (Å²) < 4.78 is 3.88. The van der Waals surface area contributed by atoms with E-state index in [1.165, 1.54) is 5.56 Å². The van der Waals surface area contributed by atoms with E-state index in [1.807, 2.05) is 25.5 Å². The molecule has 0 aliphatic heterocycles. The maximum Gasteiger partial charge on any atom is 0.164 e. The fraction of sp³-hybridized carbons (Fsp3) is 0.429. The molecule has 3 rings (SSSR count). The summed E-state index contributed by atoms with van der Waals surface area (Å²) in [6, 6.07) is 2.01. The van der Waals surface area contributed by atoms with E-state index in [2.05, 4.69) is 15.9 Å². The number of hydrogen-bond donors (Lipinski definition) is 0. The first-order chi connectivity index (χ1) is 8.72. The van der Waals surface area contributed by atoms with E-state index in [0.717, 1.165) is 37.1 Å². The summed E-state index contributed by atoms with van der Waals surface area (Å²) in [5.41, 5.74) is 3.15. The van der Waals surface area contributed by atoms with Crippen LogP contribution in [0.4, 0.5) is 0 Å². The highest BCUT2D eigenvalue weighted by atomic mass is 16.1. The van der Waals surface area contributed by atoms with Gasteiger partial charge in [0.2, 0.25) is 0 Å². The van der Waals surface area contributed by atoms with Gasteiger partial charge in [0.05, 0.1) is 12.2 Å². The molecule has 0 fully saturated rings. The minimum absolute atomic E-state index is 0.294. The third-order valence-electron chi connectivity index (χ3n) is 3.48. The normalized spacial score (nSPS) is 15.5. The van der Waals surface area contributed by atoms with Gasteiger partial charge in [-0.25, -0.2) is 0 Å². The van der Waals surface area contributed by atoms with Gasteiger partial charge < -0.3 is 4.57 Å². The van der Waals surface area contributed by atoms with Gasteiger partial charge in [-0.2, -0.15) is 5.10 Å². The third kappa shape index (κ3) is 2.10. The van der Waals surface area contributed by atoms with Crippen molar-refractivity contribution in [3.8, 4) is 0 Å². The SMILES string of the molecule is Cn1ccc(Cn2cc3c(c2)C(=O)CCCC3)n1. The molecule has 0 saturated heterocycles. The first-order valence-electron chi connectivity index (χ1n) is 6.43. The highest BCUT2D eigenvalue weighted by molar-refractivity contribution is 5.97. The average Bonchev–Trinajstić information content (AvgIpc) is 2.88. The van der Waals surface area contributed by atoms with Gasteiger partial charge in [0, 0.05) is 37.6 Å². The van der Waals surface area contributed by atoms with E-state index >= 15 is 0 Å². The first kappa shape index (κ1) is 11.3. The van der Waals surface area contributed by atoms with E-state index in [0.29, 0.717) is 12.2 Å². The molecule has 0 radical (unpaired) electrons. The first-order valence-corrected chi connectivity index (χ1v) is 6.43. The smallest absolute Gasteiger partial charge is 0.164 e. The number of rotatable bonds is 2. The van der Waals surface area contributed by atoms with Crippen molar-refractivity contribution in [2.75, 3.05) is 0 Å². The van der Waals surface area contributed by atoms with Crippen molar-refractivity contribution in [1.82, 2.24) is 14.3 Å². The number of carbonyl (C=O) groups excluding carboxylic acids is 1. The number of aromatic nitrogens is 3. The summed E-state index contributed by atoms with van der Waals surface area (Å²) in [5.74, 6) is 0.294. The van der Waals surface area contributed by atoms with Crippen LogP contribution >= 0.6 is 0 Å². The maximum absolute atomic E-state index is 11.9. The van der Waals surface area contributed by atoms with E-state index in [-0.39, 0.29) is 0 Å². The fourth-order valence-electron chi connectivity index (χ4n) is 2.57. The molecule has 0 unspecified atom stereocenters. The number of hydrogen-bond acceptors (Lipinski definition) is 2. The van der Waals surface area contributed by atoms with Crippen LogP contribution in [0.15, 0.2) is 24.7 Å². The molecule has 0 atom stereocenters. The van der Waals surface area contributed by atoms with Crippen molar-refractivity contribution in [2.45, 2.75) is 32.2 Å². The van der Waals surface area contributed by atoms with E-state index in [1.54, 1.807) is 4.68 Å². The molecule has 0 bridgehead atoms. The quantitative estimate of drug-likeness (QED) is 0.758. The molecule has 0 aromatic carbocycles. The number of fused-ring (bicyclic) bond motifs is 1. The topological polar surface area (TPSA) is 39.8 Å². The predicted molar refractivity (Wildman–Crippen MR) is 68.6 cm³/mol. The van der Waals surface area contributed by atoms with Crippen LogP contribution in [0.3, 0.4) is 0 Å². The zero-order valence-electron chi connectivity index (χ0n) is 10.6. The summed E-state index contributed by atoms with van der Waals surface area (Å²) in [6.45, 7) is 0.737. The Morgan fingerprint density at radius 3 is 2.89 bits per heavy atom. The molecule has 0 N–H and O–H groups in total. The Labute approximate surface area is 106 Å². The summed E-state index contributed by atoms with van der Waals surface area (Å²) in [4.78, 5) is 11.9. The van der Waals surface area contributed by atoms with Gasteiger partial charge in [0.15, 0.2) is 5.78 Å². The second kappa shape index (κ2) is 4.44. The molecular formula is C14H17N3O. The van der Waals surface area contributed by atoms with Crippen LogP contribution in [0.5, 0.6) is 0 Å². The molecule has 4 heteroatoms. The molecule has 0 amide bonds. The van der Waals surface area contributed by atoms with Crippen LogP contribution in [0.1, 0.15) is 40.9 Å². The van der Waals surface area contributed by atoms with Gasteiger partial charge in [-0.3, -0.25) is 9.48 Å². The van der Waals surface area contributed by atoms with Gasteiger partial charge >= 0.3 is 0 Å². The second-order valence-corrected chi connectivity index (χ2v) is 4.98. The molecule has 94 valence electrons. The van der Waals surface area contributed by atoms with Crippen molar-refractivity contribution in [3.63, 3.8) is 0 Å². The predicted octanol–water partition coefficient (Wildman–Crippen LogP) is 2.18. The number of aryl methyl sites for hydroxylation is 2. The lowest BCUT2D eigenvalue weighted by Gasteiger charge is -1.99. The maximum atomic E-state index is 11.9. The molecule has 2 aromatic heterocycles. The van der Waals surface area contributed by atoms with Crippen LogP contribution in [-0.4, -0.2) is 20.1 Å². The van der Waals surface area contributed by atoms with Crippen molar-refractivity contribution in [3.05, 3.63) is 41.5 Å². The number of nitrogens with zero attached hydrogens (tertiary/aromatic N) is 3. The molecule has 18 heavy (non-hydrogen) atoms. The Morgan fingerprint density at radius 1 is 1.28 bits per heavy atom. The van der Waals surface area contributed by atoms with Gasteiger partial charge in [-0.05, 0) is 30.9 Å². The van der Waals surface area contributed by atoms with Gasteiger partial charge in [0.25, 0.3) is 0 Å². The third-order valence-corrected chi connectivity index (χ3v) is 3.48. The Hall–Kier alpha value is -1.84. The zero-order valence-corrected chi connectivity index (χ0v) is 10.6. The van der Waals surface area contributed by atoms with Gasteiger partial charge in [0.1, 0.15) is 0 Å². The number of Topliss-reactive ketones (excluding diaryl/α,β-unsaturated/α-hetero) is 1.